The van der Waals surface area contributed by atoms with Crippen molar-refractivity contribution in [3.8, 4) is 0 Å². The fourth-order valence-electron chi connectivity index (χ4n) is 2.10. The molecule has 0 fully saturated rings. The van der Waals surface area contributed by atoms with Gasteiger partial charge in [0.1, 0.15) is 6.61 Å². The largest absolute Gasteiger partial charge is 0.388 e. The Labute approximate surface area is 125 Å². The van der Waals surface area contributed by atoms with Gasteiger partial charge in [0.15, 0.2) is 5.82 Å². The third-order valence-corrected chi connectivity index (χ3v) is 3.17. The molecule has 0 unspecified atom stereocenters. The van der Waals surface area contributed by atoms with Gasteiger partial charge in [0.2, 0.25) is 0 Å². The van der Waals surface area contributed by atoms with Crippen LogP contribution in [0.5, 0.6) is 0 Å². The normalized spacial score (nSPS) is 11.3. The summed E-state index contributed by atoms with van der Waals surface area (Å²) in [7, 11) is 0. The van der Waals surface area contributed by atoms with Gasteiger partial charge in [-0.3, -0.25) is 10.1 Å². The zero-order chi connectivity index (χ0) is 15.5. The van der Waals surface area contributed by atoms with Gasteiger partial charge in [0.25, 0.3) is 5.69 Å². The number of nitro groups is 1. The van der Waals surface area contributed by atoms with Crippen molar-refractivity contribution in [2.24, 2.45) is 5.10 Å². The molecule has 0 amide bonds. The number of fused-ring (bicyclic) bond motifs is 1. The van der Waals surface area contributed by atoms with Crippen molar-refractivity contribution < 1.29 is 10.0 Å². The molecule has 0 saturated heterocycles. The summed E-state index contributed by atoms with van der Waals surface area (Å²) in [5, 5.41) is 24.3. The molecule has 0 saturated carbocycles. The zero-order valence-corrected chi connectivity index (χ0v) is 11.5. The fraction of sp³-hybridized carbons (Fsp3) is 0.0667. The molecule has 1 heterocycles. The van der Waals surface area contributed by atoms with Crippen LogP contribution < -0.4 is 0 Å². The summed E-state index contributed by atoms with van der Waals surface area (Å²) in [6.45, 7) is -0.230. The van der Waals surface area contributed by atoms with Crippen molar-refractivity contribution in [2.75, 3.05) is 0 Å². The van der Waals surface area contributed by atoms with E-state index in [4.69, 9.17) is 0 Å². The highest BCUT2D eigenvalue weighted by Crippen LogP contribution is 2.16. The van der Waals surface area contributed by atoms with Gasteiger partial charge < -0.3 is 5.11 Å². The number of nitrogens with zero attached hydrogens (tertiary/aromatic N) is 4. The molecular formula is C15H12N4O3. The van der Waals surface area contributed by atoms with Crippen molar-refractivity contribution in [2.45, 2.75) is 6.61 Å². The Bertz CT molecular complexity index is 853. The van der Waals surface area contributed by atoms with E-state index in [9.17, 15) is 15.2 Å². The number of benzene rings is 2. The van der Waals surface area contributed by atoms with Crippen LogP contribution in [0.25, 0.3) is 11.0 Å². The molecule has 0 radical (unpaired) electrons. The molecular weight excluding hydrogens is 284 g/mol. The average molecular weight is 296 g/mol. The van der Waals surface area contributed by atoms with Crippen LogP contribution >= 0.6 is 0 Å². The van der Waals surface area contributed by atoms with Crippen LogP contribution in [0.3, 0.4) is 0 Å². The van der Waals surface area contributed by atoms with Gasteiger partial charge in [-0.05, 0) is 29.8 Å². The second-order valence-electron chi connectivity index (χ2n) is 4.58. The molecule has 1 aromatic heterocycles. The summed E-state index contributed by atoms with van der Waals surface area (Å²) in [5.74, 6) is 0.430. The lowest BCUT2D eigenvalue weighted by molar-refractivity contribution is -0.384. The monoisotopic (exact) mass is 296 g/mol. The van der Waals surface area contributed by atoms with E-state index in [2.05, 4.69) is 10.1 Å². The molecule has 22 heavy (non-hydrogen) atoms. The summed E-state index contributed by atoms with van der Waals surface area (Å²) in [6, 6.07) is 13.5. The highest BCUT2D eigenvalue weighted by molar-refractivity contribution is 5.81. The molecule has 110 valence electrons. The zero-order valence-electron chi connectivity index (χ0n) is 11.5. The Kier molecular flexibility index (Phi) is 3.63. The standard InChI is InChI=1S/C15H12N4O3/c20-10-15-17-13-3-1-2-4-14(13)18(15)16-9-11-5-7-12(8-6-11)19(21)22/h1-9,20H,10H2/b16-9-. The Morgan fingerprint density at radius 2 is 1.95 bits per heavy atom. The van der Waals surface area contributed by atoms with Gasteiger partial charge in [0, 0.05) is 12.1 Å². The van der Waals surface area contributed by atoms with Crippen molar-refractivity contribution in [1.82, 2.24) is 9.66 Å². The van der Waals surface area contributed by atoms with E-state index < -0.39 is 4.92 Å². The number of aliphatic hydroxyl groups excluding tert-OH is 1. The van der Waals surface area contributed by atoms with Crippen LogP contribution in [-0.2, 0) is 6.61 Å². The van der Waals surface area contributed by atoms with Crippen molar-refractivity contribution >= 4 is 22.9 Å². The molecule has 2 aromatic carbocycles. The van der Waals surface area contributed by atoms with E-state index in [0.717, 1.165) is 11.0 Å². The Balaban J connectivity index is 1.96. The second-order valence-corrected chi connectivity index (χ2v) is 4.58. The molecule has 7 nitrogen and oxygen atoms in total. The molecule has 0 aliphatic carbocycles. The minimum Gasteiger partial charge on any atom is -0.388 e. The Morgan fingerprint density at radius 3 is 2.64 bits per heavy atom. The van der Waals surface area contributed by atoms with Gasteiger partial charge in [-0.25, -0.2) is 9.66 Å². The molecule has 3 rings (SSSR count). The number of aliphatic hydroxyl groups is 1. The van der Waals surface area contributed by atoms with E-state index in [0.29, 0.717) is 11.4 Å². The summed E-state index contributed by atoms with van der Waals surface area (Å²) in [5.41, 5.74) is 2.27. The van der Waals surface area contributed by atoms with Gasteiger partial charge >= 0.3 is 0 Å². The van der Waals surface area contributed by atoms with Gasteiger partial charge in [-0.1, -0.05) is 12.1 Å². The number of imidazole rings is 1. The predicted molar refractivity (Wildman–Crippen MR) is 81.7 cm³/mol. The van der Waals surface area contributed by atoms with Gasteiger partial charge in [-0.15, -0.1) is 0 Å². The molecule has 7 heteroatoms. The van der Waals surface area contributed by atoms with Gasteiger partial charge in [-0.2, -0.15) is 5.10 Å². The maximum Gasteiger partial charge on any atom is 0.269 e. The maximum absolute atomic E-state index is 10.6. The molecule has 0 spiro atoms. The first-order valence-electron chi connectivity index (χ1n) is 6.55. The van der Waals surface area contributed by atoms with Crippen LogP contribution in [0.1, 0.15) is 11.4 Å². The van der Waals surface area contributed by atoms with Crippen LogP contribution in [0.2, 0.25) is 0 Å². The lowest BCUT2D eigenvalue weighted by Crippen LogP contribution is -1.98. The van der Waals surface area contributed by atoms with Crippen LogP contribution in [0, 0.1) is 10.1 Å². The van der Waals surface area contributed by atoms with Crippen molar-refractivity contribution in [1.29, 1.82) is 0 Å². The van der Waals surface area contributed by atoms with Crippen molar-refractivity contribution in [3.63, 3.8) is 0 Å². The molecule has 0 aliphatic heterocycles. The summed E-state index contributed by atoms with van der Waals surface area (Å²) < 4.78 is 1.55. The van der Waals surface area contributed by atoms with Gasteiger partial charge in [0.05, 0.1) is 22.2 Å². The number of rotatable bonds is 4. The highest BCUT2D eigenvalue weighted by Gasteiger charge is 2.08. The lowest BCUT2D eigenvalue weighted by atomic mass is 10.2. The maximum atomic E-state index is 10.6. The Hall–Kier alpha value is -3.06. The van der Waals surface area contributed by atoms with E-state index in [-0.39, 0.29) is 12.3 Å². The topological polar surface area (TPSA) is 93.5 Å². The minimum atomic E-state index is -0.450. The first kappa shape index (κ1) is 13.9. The van der Waals surface area contributed by atoms with E-state index in [1.165, 1.54) is 12.1 Å². The summed E-state index contributed by atoms with van der Waals surface area (Å²) >= 11 is 0. The third-order valence-electron chi connectivity index (χ3n) is 3.17. The number of hydrogen-bond donors (Lipinski definition) is 1. The molecule has 0 atom stereocenters. The number of nitro benzene ring substituents is 1. The van der Waals surface area contributed by atoms with E-state index in [1.54, 1.807) is 23.0 Å². The minimum absolute atomic E-state index is 0.0290. The van der Waals surface area contributed by atoms with Crippen LogP contribution in [0.4, 0.5) is 5.69 Å². The summed E-state index contributed by atoms with van der Waals surface area (Å²) in [4.78, 5) is 14.5. The van der Waals surface area contributed by atoms with Crippen molar-refractivity contribution in [3.05, 3.63) is 70.0 Å². The molecule has 3 aromatic rings. The van der Waals surface area contributed by atoms with E-state index in [1.807, 2.05) is 24.3 Å². The lowest BCUT2D eigenvalue weighted by Gasteiger charge is -2.00. The average Bonchev–Trinajstić information content (AvgIpc) is 2.91. The number of non-ortho nitro benzene ring substituents is 1. The third kappa shape index (κ3) is 2.57. The number of aromatic nitrogens is 2. The molecule has 0 bridgehead atoms. The first-order valence-corrected chi connectivity index (χ1v) is 6.55. The predicted octanol–water partition coefficient (Wildman–Crippen LogP) is 2.32. The summed E-state index contributed by atoms with van der Waals surface area (Å²) in [6.07, 6.45) is 1.57. The smallest absolute Gasteiger partial charge is 0.269 e. The van der Waals surface area contributed by atoms with Crippen LogP contribution in [-0.4, -0.2) is 25.9 Å². The van der Waals surface area contributed by atoms with E-state index >= 15 is 0 Å². The Morgan fingerprint density at radius 1 is 1.23 bits per heavy atom. The molecule has 0 aliphatic rings. The highest BCUT2D eigenvalue weighted by atomic mass is 16.6. The SMILES string of the molecule is O=[N+]([O-])c1ccc(/C=N\n2c(CO)nc3ccccc32)cc1. The molecule has 1 N–H and O–H groups in total. The number of para-hydroxylation sites is 2. The first-order chi connectivity index (χ1) is 10.7. The number of hydrogen-bond acceptors (Lipinski definition) is 5. The quantitative estimate of drug-likeness (QED) is 0.454. The second kappa shape index (κ2) is 5.74. The van der Waals surface area contributed by atoms with Crippen LogP contribution in [0.15, 0.2) is 53.6 Å². The fourth-order valence-corrected chi connectivity index (χ4v) is 2.10.